The van der Waals surface area contributed by atoms with Crippen LogP contribution in [0.4, 0.5) is 5.00 Å². The van der Waals surface area contributed by atoms with Crippen LogP contribution in [0.25, 0.3) is 0 Å². The highest BCUT2D eigenvalue weighted by Gasteiger charge is 2.16. The maximum atomic E-state index is 11.8. The second-order valence-corrected chi connectivity index (χ2v) is 5.56. The van der Waals surface area contributed by atoms with Gasteiger partial charge in [-0.3, -0.25) is 14.9 Å². The Balaban J connectivity index is 1.65. The van der Waals surface area contributed by atoms with Crippen LogP contribution in [0, 0.1) is 10.1 Å². The summed E-state index contributed by atoms with van der Waals surface area (Å²) in [7, 11) is 0. The third-order valence-electron chi connectivity index (χ3n) is 3.01. The highest BCUT2D eigenvalue weighted by Crippen LogP contribution is 2.23. The summed E-state index contributed by atoms with van der Waals surface area (Å²) >= 11 is 1.15. The Morgan fingerprint density at radius 3 is 2.85 bits per heavy atom. The lowest BCUT2D eigenvalue weighted by molar-refractivity contribution is -0.380. The van der Waals surface area contributed by atoms with E-state index in [2.05, 4.69) is 5.32 Å². The number of amides is 1. The van der Waals surface area contributed by atoms with Gasteiger partial charge in [0.25, 0.3) is 0 Å². The summed E-state index contributed by atoms with van der Waals surface area (Å²) in [5.74, 6) is 0.123. The summed E-state index contributed by atoms with van der Waals surface area (Å²) in [6.07, 6.45) is 0.438. The SMILES string of the molecule is O=C(CCNCc1ccc([N+](=O)[O-])s1)N1CCOCC1. The first-order valence-corrected chi connectivity index (χ1v) is 7.28. The maximum Gasteiger partial charge on any atom is 0.324 e. The molecule has 1 aliphatic heterocycles. The fourth-order valence-corrected chi connectivity index (χ4v) is 2.73. The van der Waals surface area contributed by atoms with Gasteiger partial charge in [-0.25, -0.2) is 0 Å². The molecular formula is C12H17N3O4S. The molecule has 1 N–H and O–H groups in total. The molecule has 20 heavy (non-hydrogen) atoms. The van der Waals surface area contributed by atoms with Gasteiger partial charge in [0.15, 0.2) is 0 Å². The minimum absolute atomic E-state index is 0.123. The Labute approximate surface area is 120 Å². The number of nitrogens with one attached hydrogen (secondary N) is 1. The van der Waals surface area contributed by atoms with E-state index in [1.165, 1.54) is 6.07 Å². The van der Waals surface area contributed by atoms with Crippen molar-refractivity contribution < 1.29 is 14.5 Å². The van der Waals surface area contributed by atoms with E-state index >= 15 is 0 Å². The number of morpholine rings is 1. The third kappa shape index (κ3) is 4.26. The summed E-state index contributed by atoms with van der Waals surface area (Å²) in [4.78, 5) is 24.7. The second kappa shape index (κ2) is 7.32. The van der Waals surface area contributed by atoms with Crippen molar-refractivity contribution in [3.63, 3.8) is 0 Å². The van der Waals surface area contributed by atoms with Crippen LogP contribution in [-0.4, -0.2) is 48.6 Å². The van der Waals surface area contributed by atoms with Gasteiger partial charge in [-0.15, -0.1) is 0 Å². The molecule has 1 aromatic rings. The van der Waals surface area contributed by atoms with E-state index in [0.29, 0.717) is 45.8 Å². The molecule has 0 aromatic carbocycles. The van der Waals surface area contributed by atoms with Crippen LogP contribution >= 0.6 is 11.3 Å². The van der Waals surface area contributed by atoms with E-state index in [4.69, 9.17) is 4.74 Å². The van der Waals surface area contributed by atoms with Crippen LogP contribution in [0.1, 0.15) is 11.3 Å². The van der Waals surface area contributed by atoms with Gasteiger partial charge in [0.1, 0.15) is 0 Å². The zero-order chi connectivity index (χ0) is 14.4. The van der Waals surface area contributed by atoms with Crippen LogP contribution in [-0.2, 0) is 16.1 Å². The largest absolute Gasteiger partial charge is 0.378 e. The molecule has 1 saturated heterocycles. The van der Waals surface area contributed by atoms with Crippen LogP contribution in [0.5, 0.6) is 0 Å². The lowest BCUT2D eigenvalue weighted by Gasteiger charge is -2.26. The quantitative estimate of drug-likeness (QED) is 0.481. The molecule has 0 saturated carbocycles. The van der Waals surface area contributed by atoms with Gasteiger partial charge >= 0.3 is 5.00 Å². The van der Waals surface area contributed by atoms with E-state index in [1.54, 1.807) is 11.0 Å². The zero-order valence-corrected chi connectivity index (χ0v) is 11.9. The van der Waals surface area contributed by atoms with Gasteiger partial charge in [-0.1, -0.05) is 11.3 Å². The lowest BCUT2D eigenvalue weighted by atomic mass is 10.3. The van der Waals surface area contributed by atoms with E-state index in [0.717, 1.165) is 16.2 Å². The first kappa shape index (κ1) is 14.9. The molecule has 0 atom stereocenters. The molecule has 0 aliphatic carbocycles. The molecule has 0 unspecified atom stereocenters. The fraction of sp³-hybridized carbons (Fsp3) is 0.583. The number of thiophene rings is 1. The Bertz CT molecular complexity index is 471. The normalized spacial score (nSPS) is 15.3. The number of nitro groups is 1. The Morgan fingerprint density at radius 1 is 1.45 bits per heavy atom. The average molecular weight is 299 g/mol. The molecule has 1 amide bonds. The number of hydrogen-bond donors (Lipinski definition) is 1. The highest BCUT2D eigenvalue weighted by molar-refractivity contribution is 7.15. The molecule has 1 aromatic heterocycles. The average Bonchev–Trinajstić information content (AvgIpc) is 2.93. The molecule has 1 fully saturated rings. The van der Waals surface area contributed by atoms with Gasteiger partial charge in [0.05, 0.1) is 18.1 Å². The summed E-state index contributed by atoms with van der Waals surface area (Å²) in [6, 6.07) is 3.24. The van der Waals surface area contributed by atoms with E-state index in [1.807, 2.05) is 0 Å². The maximum absolute atomic E-state index is 11.8. The number of nitrogens with zero attached hydrogens (tertiary/aromatic N) is 2. The van der Waals surface area contributed by atoms with Crippen molar-refractivity contribution in [3.05, 3.63) is 27.1 Å². The van der Waals surface area contributed by atoms with Crippen molar-refractivity contribution >= 4 is 22.2 Å². The van der Waals surface area contributed by atoms with Crippen molar-refractivity contribution in [2.45, 2.75) is 13.0 Å². The first-order chi connectivity index (χ1) is 9.66. The van der Waals surface area contributed by atoms with Gasteiger partial charge in [-0.05, 0) is 6.07 Å². The number of carbonyl (C=O) groups excluding carboxylic acids is 1. The fourth-order valence-electron chi connectivity index (χ4n) is 1.94. The number of ether oxygens (including phenoxy) is 1. The van der Waals surface area contributed by atoms with E-state index < -0.39 is 4.92 Å². The van der Waals surface area contributed by atoms with Crippen LogP contribution in [0.3, 0.4) is 0 Å². The van der Waals surface area contributed by atoms with Gasteiger partial charge in [-0.2, -0.15) is 0 Å². The standard InChI is InChI=1S/C12H17N3O4S/c16-11(14-5-7-19-8-6-14)3-4-13-9-10-1-2-12(20-10)15(17)18/h1-2,13H,3-9H2. The van der Waals surface area contributed by atoms with Crippen molar-refractivity contribution in [2.75, 3.05) is 32.8 Å². The highest BCUT2D eigenvalue weighted by atomic mass is 32.1. The van der Waals surface area contributed by atoms with Crippen LogP contribution < -0.4 is 5.32 Å². The summed E-state index contributed by atoms with van der Waals surface area (Å²) in [6.45, 7) is 3.67. The zero-order valence-electron chi connectivity index (χ0n) is 11.0. The molecule has 0 radical (unpaired) electrons. The first-order valence-electron chi connectivity index (χ1n) is 6.46. The molecule has 2 rings (SSSR count). The van der Waals surface area contributed by atoms with Gasteiger partial charge < -0.3 is 15.0 Å². The van der Waals surface area contributed by atoms with Crippen molar-refractivity contribution in [2.24, 2.45) is 0 Å². The third-order valence-corrected chi connectivity index (χ3v) is 4.04. The van der Waals surface area contributed by atoms with Crippen LogP contribution in [0.2, 0.25) is 0 Å². The number of hydrogen-bond acceptors (Lipinski definition) is 6. The molecule has 2 heterocycles. The minimum Gasteiger partial charge on any atom is -0.378 e. The molecule has 110 valence electrons. The van der Waals surface area contributed by atoms with Crippen LogP contribution in [0.15, 0.2) is 12.1 Å². The number of rotatable bonds is 6. The smallest absolute Gasteiger partial charge is 0.324 e. The Hall–Kier alpha value is -1.51. The van der Waals surface area contributed by atoms with E-state index in [9.17, 15) is 14.9 Å². The van der Waals surface area contributed by atoms with Gasteiger partial charge in [0, 0.05) is 43.5 Å². The number of carbonyl (C=O) groups is 1. The molecule has 8 heteroatoms. The molecule has 0 spiro atoms. The molecule has 0 bridgehead atoms. The van der Waals surface area contributed by atoms with Crippen molar-refractivity contribution in [1.82, 2.24) is 10.2 Å². The van der Waals surface area contributed by atoms with E-state index in [-0.39, 0.29) is 10.9 Å². The Morgan fingerprint density at radius 2 is 2.20 bits per heavy atom. The molecule has 7 nitrogen and oxygen atoms in total. The Kier molecular flexibility index (Phi) is 5.45. The lowest BCUT2D eigenvalue weighted by Crippen LogP contribution is -2.41. The predicted octanol–water partition coefficient (Wildman–Crippen LogP) is 0.995. The van der Waals surface area contributed by atoms with Crippen molar-refractivity contribution in [3.8, 4) is 0 Å². The summed E-state index contributed by atoms with van der Waals surface area (Å²) in [5.41, 5.74) is 0. The predicted molar refractivity (Wildman–Crippen MR) is 74.7 cm³/mol. The monoisotopic (exact) mass is 299 g/mol. The van der Waals surface area contributed by atoms with Gasteiger partial charge in [0.2, 0.25) is 5.91 Å². The van der Waals surface area contributed by atoms with Crippen molar-refractivity contribution in [1.29, 1.82) is 0 Å². The summed E-state index contributed by atoms with van der Waals surface area (Å²) < 4.78 is 5.19. The second-order valence-electron chi connectivity index (χ2n) is 4.42. The molecule has 1 aliphatic rings. The summed E-state index contributed by atoms with van der Waals surface area (Å²) in [5, 5.41) is 13.8. The minimum atomic E-state index is -0.393. The molecular weight excluding hydrogens is 282 g/mol. The topological polar surface area (TPSA) is 84.7 Å².